The fourth-order valence-corrected chi connectivity index (χ4v) is 1.74. The number of amides is 1. The Morgan fingerprint density at radius 1 is 1.53 bits per heavy atom. The molecule has 1 rings (SSSR count). The van der Waals surface area contributed by atoms with E-state index in [1.54, 1.807) is 4.90 Å². The van der Waals surface area contributed by atoms with E-state index in [4.69, 9.17) is 10.5 Å². The predicted octanol–water partition coefficient (Wildman–Crippen LogP) is 1.74. The summed E-state index contributed by atoms with van der Waals surface area (Å²) < 4.78 is 5.16. The minimum absolute atomic E-state index is 0.117. The normalized spacial score (nSPS) is 22.3. The standard InChI is InChI=1S/C11H22N2O2/c1-2-3-8-15-11(14)13-7-5-4-6-10(12)9-13/h10H,2-9,12H2,1H3/t10-/m1/s1. The summed E-state index contributed by atoms with van der Waals surface area (Å²) in [5.41, 5.74) is 5.87. The maximum atomic E-state index is 11.6. The Balaban J connectivity index is 2.29. The van der Waals surface area contributed by atoms with Crippen molar-refractivity contribution in [3.05, 3.63) is 0 Å². The molecule has 1 heterocycles. The van der Waals surface area contributed by atoms with Crippen molar-refractivity contribution in [1.29, 1.82) is 0 Å². The summed E-state index contributed by atoms with van der Waals surface area (Å²) >= 11 is 0. The molecule has 0 radical (unpaired) electrons. The van der Waals surface area contributed by atoms with Crippen LogP contribution >= 0.6 is 0 Å². The van der Waals surface area contributed by atoms with Crippen LogP contribution in [0.1, 0.15) is 39.0 Å². The summed E-state index contributed by atoms with van der Waals surface area (Å²) in [4.78, 5) is 13.4. The fourth-order valence-electron chi connectivity index (χ4n) is 1.74. The lowest BCUT2D eigenvalue weighted by molar-refractivity contribution is 0.101. The lowest BCUT2D eigenvalue weighted by Crippen LogP contribution is -2.40. The Morgan fingerprint density at radius 2 is 2.33 bits per heavy atom. The van der Waals surface area contributed by atoms with Gasteiger partial charge in [0, 0.05) is 19.1 Å². The molecular formula is C11H22N2O2. The summed E-state index contributed by atoms with van der Waals surface area (Å²) in [6.45, 7) is 4.04. The highest BCUT2D eigenvalue weighted by Crippen LogP contribution is 2.10. The first-order valence-electron chi connectivity index (χ1n) is 5.91. The third-order valence-electron chi connectivity index (χ3n) is 2.69. The predicted molar refractivity (Wildman–Crippen MR) is 59.7 cm³/mol. The minimum atomic E-state index is -0.194. The summed E-state index contributed by atoms with van der Waals surface area (Å²) in [6, 6.07) is 0.117. The van der Waals surface area contributed by atoms with Crippen LogP contribution in [-0.2, 0) is 4.74 Å². The van der Waals surface area contributed by atoms with Gasteiger partial charge in [-0.25, -0.2) is 4.79 Å². The Hall–Kier alpha value is -0.770. The first-order chi connectivity index (χ1) is 7.24. The maximum Gasteiger partial charge on any atom is 0.409 e. The number of hydrogen-bond acceptors (Lipinski definition) is 3. The van der Waals surface area contributed by atoms with Crippen molar-refractivity contribution < 1.29 is 9.53 Å². The van der Waals surface area contributed by atoms with E-state index in [1.807, 2.05) is 0 Å². The van der Waals surface area contributed by atoms with E-state index in [1.165, 1.54) is 0 Å². The van der Waals surface area contributed by atoms with E-state index in [0.29, 0.717) is 13.2 Å². The molecule has 0 unspecified atom stereocenters. The number of nitrogens with two attached hydrogens (primary N) is 1. The van der Waals surface area contributed by atoms with Crippen LogP contribution in [0.3, 0.4) is 0 Å². The number of nitrogens with zero attached hydrogens (tertiary/aromatic N) is 1. The number of ether oxygens (including phenoxy) is 1. The van der Waals surface area contributed by atoms with Crippen molar-refractivity contribution in [2.24, 2.45) is 5.73 Å². The average molecular weight is 214 g/mol. The number of rotatable bonds is 3. The van der Waals surface area contributed by atoms with Crippen molar-refractivity contribution in [3.63, 3.8) is 0 Å². The zero-order valence-corrected chi connectivity index (χ0v) is 9.58. The van der Waals surface area contributed by atoms with Crippen molar-refractivity contribution in [1.82, 2.24) is 4.90 Å². The molecule has 1 aliphatic rings. The van der Waals surface area contributed by atoms with Gasteiger partial charge in [0.1, 0.15) is 0 Å². The lowest BCUT2D eigenvalue weighted by atomic mass is 10.2. The van der Waals surface area contributed by atoms with E-state index >= 15 is 0 Å². The SMILES string of the molecule is CCCCOC(=O)N1CCCC[C@@H](N)C1. The molecule has 0 aromatic heterocycles. The van der Waals surface area contributed by atoms with Crippen molar-refractivity contribution >= 4 is 6.09 Å². The molecule has 2 N–H and O–H groups in total. The summed E-state index contributed by atoms with van der Waals surface area (Å²) in [5, 5.41) is 0. The number of hydrogen-bond donors (Lipinski definition) is 1. The highest BCUT2D eigenvalue weighted by atomic mass is 16.6. The highest BCUT2D eigenvalue weighted by Gasteiger charge is 2.20. The number of carbonyl (C=O) groups is 1. The van der Waals surface area contributed by atoms with E-state index in [2.05, 4.69) is 6.92 Å². The molecule has 0 saturated carbocycles. The first kappa shape index (κ1) is 12.3. The molecule has 15 heavy (non-hydrogen) atoms. The van der Waals surface area contributed by atoms with Crippen LogP contribution in [-0.4, -0.2) is 36.7 Å². The fraction of sp³-hybridized carbons (Fsp3) is 0.909. The quantitative estimate of drug-likeness (QED) is 0.728. The maximum absolute atomic E-state index is 11.6. The van der Waals surface area contributed by atoms with E-state index in [0.717, 1.165) is 38.6 Å². The largest absolute Gasteiger partial charge is 0.449 e. The number of carbonyl (C=O) groups excluding carboxylic acids is 1. The van der Waals surface area contributed by atoms with Crippen molar-refractivity contribution in [3.8, 4) is 0 Å². The zero-order valence-electron chi connectivity index (χ0n) is 9.58. The monoisotopic (exact) mass is 214 g/mol. The van der Waals surface area contributed by atoms with Gasteiger partial charge in [0.2, 0.25) is 0 Å². The number of likely N-dealkylation sites (tertiary alicyclic amines) is 1. The van der Waals surface area contributed by atoms with Crippen LogP contribution in [0.15, 0.2) is 0 Å². The van der Waals surface area contributed by atoms with Crippen LogP contribution in [0.2, 0.25) is 0 Å². The summed E-state index contributed by atoms with van der Waals surface area (Å²) in [5.74, 6) is 0. The van der Waals surface area contributed by atoms with Gasteiger partial charge in [0.25, 0.3) is 0 Å². The molecule has 1 saturated heterocycles. The van der Waals surface area contributed by atoms with E-state index in [9.17, 15) is 4.79 Å². The van der Waals surface area contributed by atoms with Gasteiger partial charge in [-0.3, -0.25) is 0 Å². The second kappa shape index (κ2) is 6.67. The second-order valence-corrected chi connectivity index (χ2v) is 4.17. The van der Waals surface area contributed by atoms with Gasteiger partial charge in [-0.1, -0.05) is 19.8 Å². The molecule has 1 aliphatic heterocycles. The van der Waals surface area contributed by atoms with Gasteiger partial charge in [0.05, 0.1) is 6.61 Å². The topological polar surface area (TPSA) is 55.6 Å². The molecule has 1 amide bonds. The van der Waals surface area contributed by atoms with Gasteiger partial charge < -0.3 is 15.4 Å². The Labute approximate surface area is 91.8 Å². The molecule has 88 valence electrons. The van der Waals surface area contributed by atoms with Gasteiger partial charge >= 0.3 is 6.09 Å². The molecule has 4 heteroatoms. The molecule has 0 aromatic carbocycles. The third kappa shape index (κ3) is 4.51. The van der Waals surface area contributed by atoms with E-state index in [-0.39, 0.29) is 12.1 Å². The van der Waals surface area contributed by atoms with Crippen molar-refractivity contribution in [2.45, 2.75) is 45.1 Å². The highest BCUT2D eigenvalue weighted by molar-refractivity contribution is 5.67. The van der Waals surface area contributed by atoms with Gasteiger partial charge in [0.15, 0.2) is 0 Å². The van der Waals surface area contributed by atoms with E-state index < -0.39 is 0 Å². The molecule has 1 fully saturated rings. The number of unbranched alkanes of at least 4 members (excludes halogenated alkanes) is 1. The first-order valence-corrected chi connectivity index (χ1v) is 5.91. The molecule has 0 bridgehead atoms. The second-order valence-electron chi connectivity index (χ2n) is 4.17. The van der Waals surface area contributed by atoms with Crippen LogP contribution in [0.4, 0.5) is 4.79 Å². The molecule has 0 spiro atoms. The minimum Gasteiger partial charge on any atom is -0.449 e. The lowest BCUT2D eigenvalue weighted by Gasteiger charge is -2.21. The van der Waals surface area contributed by atoms with Crippen molar-refractivity contribution in [2.75, 3.05) is 19.7 Å². The van der Waals surface area contributed by atoms with Crippen LogP contribution in [0.5, 0.6) is 0 Å². The van der Waals surface area contributed by atoms with Crippen LogP contribution in [0.25, 0.3) is 0 Å². The Kier molecular flexibility index (Phi) is 5.47. The Bertz CT molecular complexity index is 197. The third-order valence-corrected chi connectivity index (χ3v) is 2.69. The van der Waals surface area contributed by atoms with Gasteiger partial charge in [-0.2, -0.15) is 0 Å². The Morgan fingerprint density at radius 3 is 3.07 bits per heavy atom. The molecule has 1 atom stereocenters. The zero-order chi connectivity index (χ0) is 11.1. The molecular weight excluding hydrogens is 192 g/mol. The van der Waals surface area contributed by atoms with Crippen LogP contribution < -0.4 is 5.73 Å². The van der Waals surface area contributed by atoms with Crippen LogP contribution in [0, 0.1) is 0 Å². The summed E-state index contributed by atoms with van der Waals surface area (Å²) in [7, 11) is 0. The molecule has 4 nitrogen and oxygen atoms in total. The molecule has 0 aromatic rings. The van der Waals surface area contributed by atoms with Gasteiger partial charge in [-0.05, 0) is 19.3 Å². The molecule has 0 aliphatic carbocycles. The smallest absolute Gasteiger partial charge is 0.409 e. The summed E-state index contributed by atoms with van der Waals surface area (Å²) in [6.07, 6.45) is 4.95. The van der Waals surface area contributed by atoms with Gasteiger partial charge in [-0.15, -0.1) is 0 Å². The average Bonchev–Trinajstić information content (AvgIpc) is 2.43.